The van der Waals surface area contributed by atoms with Gasteiger partial charge in [-0.15, -0.1) is 0 Å². The van der Waals surface area contributed by atoms with E-state index < -0.39 is 5.97 Å². The number of rotatable bonds is 6. The summed E-state index contributed by atoms with van der Waals surface area (Å²) in [5.41, 5.74) is 1.16. The maximum absolute atomic E-state index is 11.7. The first-order valence-corrected chi connectivity index (χ1v) is 6.18. The van der Waals surface area contributed by atoms with E-state index in [1.807, 2.05) is 13.8 Å². The van der Waals surface area contributed by atoms with Crippen LogP contribution in [-0.4, -0.2) is 17.0 Å². The average molecular weight is 249 g/mol. The molecule has 1 rings (SSSR count). The number of carbonyl (C=O) groups excluding carboxylic acids is 1. The summed E-state index contributed by atoms with van der Waals surface area (Å²) in [7, 11) is 0. The van der Waals surface area contributed by atoms with Crippen LogP contribution in [0.15, 0.2) is 24.3 Å². The second-order valence-electron chi connectivity index (χ2n) is 4.23. The number of amides is 1. The molecule has 18 heavy (non-hydrogen) atoms. The summed E-state index contributed by atoms with van der Waals surface area (Å²) >= 11 is 0. The van der Waals surface area contributed by atoms with Crippen molar-refractivity contribution in [2.75, 3.05) is 0 Å². The van der Waals surface area contributed by atoms with Crippen LogP contribution in [0.3, 0.4) is 0 Å². The number of aromatic carboxylic acids is 1. The standard InChI is InChI=1S/C14H19NO3/c1-3-11(4-2)13(16)15-9-10-5-7-12(8-6-10)14(17)18/h5-8,11H,3-4,9H2,1-2H3,(H,15,16)(H,17,18). The fourth-order valence-electron chi connectivity index (χ4n) is 1.76. The fourth-order valence-corrected chi connectivity index (χ4v) is 1.76. The minimum atomic E-state index is -0.942. The van der Waals surface area contributed by atoms with E-state index in [1.54, 1.807) is 24.3 Å². The lowest BCUT2D eigenvalue weighted by atomic mass is 10.0. The maximum Gasteiger partial charge on any atom is 0.335 e. The van der Waals surface area contributed by atoms with Gasteiger partial charge in [0, 0.05) is 12.5 Å². The van der Waals surface area contributed by atoms with E-state index in [-0.39, 0.29) is 17.4 Å². The Bertz CT molecular complexity index is 408. The summed E-state index contributed by atoms with van der Waals surface area (Å²) < 4.78 is 0. The van der Waals surface area contributed by atoms with E-state index in [4.69, 9.17) is 5.11 Å². The highest BCUT2D eigenvalue weighted by Gasteiger charge is 2.13. The molecule has 0 radical (unpaired) electrons. The molecular formula is C14H19NO3. The van der Waals surface area contributed by atoms with E-state index >= 15 is 0 Å². The molecule has 0 atom stereocenters. The molecule has 0 spiro atoms. The van der Waals surface area contributed by atoms with Crippen molar-refractivity contribution < 1.29 is 14.7 Å². The molecular weight excluding hydrogens is 230 g/mol. The topological polar surface area (TPSA) is 66.4 Å². The highest BCUT2D eigenvalue weighted by molar-refractivity contribution is 5.87. The summed E-state index contributed by atoms with van der Waals surface area (Å²) in [5.74, 6) is -0.826. The number of hydrogen-bond donors (Lipinski definition) is 2. The van der Waals surface area contributed by atoms with Crippen molar-refractivity contribution in [3.05, 3.63) is 35.4 Å². The predicted molar refractivity (Wildman–Crippen MR) is 69.3 cm³/mol. The summed E-state index contributed by atoms with van der Waals surface area (Å²) in [5, 5.41) is 11.6. The molecule has 0 saturated heterocycles. The summed E-state index contributed by atoms with van der Waals surface area (Å²) in [4.78, 5) is 22.4. The summed E-state index contributed by atoms with van der Waals surface area (Å²) in [6.07, 6.45) is 1.67. The maximum atomic E-state index is 11.7. The fraction of sp³-hybridized carbons (Fsp3) is 0.429. The van der Waals surface area contributed by atoms with Gasteiger partial charge in [-0.25, -0.2) is 4.79 Å². The van der Waals surface area contributed by atoms with E-state index in [0.29, 0.717) is 6.54 Å². The van der Waals surface area contributed by atoms with E-state index in [0.717, 1.165) is 18.4 Å². The molecule has 98 valence electrons. The Hall–Kier alpha value is -1.84. The van der Waals surface area contributed by atoms with Gasteiger partial charge in [0.05, 0.1) is 5.56 Å². The van der Waals surface area contributed by atoms with Crippen molar-refractivity contribution >= 4 is 11.9 Å². The third-order valence-electron chi connectivity index (χ3n) is 3.02. The van der Waals surface area contributed by atoms with Gasteiger partial charge in [-0.3, -0.25) is 4.79 Å². The molecule has 0 aliphatic carbocycles. The number of hydrogen-bond acceptors (Lipinski definition) is 2. The molecule has 0 fully saturated rings. The van der Waals surface area contributed by atoms with E-state index in [9.17, 15) is 9.59 Å². The molecule has 4 nitrogen and oxygen atoms in total. The second kappa shape index (κ2) is 6.79. The van der Waals surface area contributed by atoms with Gasteiger partial charge in [0.2, 0.25) is 5.91 Å². The zero-order valence-corrected chi connectivity index (χ0v) is 10.8. The number of benzene rings is 1. The van der Waals surface area contributed by atoms with Crippen molar-refractivity contribution in [1.82, 2.24) is 5.32 Å². The van der Waals surface area contributed by atoms with Crippen molar-refractivity contribution in [1.29, 1.82) is 0 Å². The van der Waals surface area contributed by atoms with Crippen molar-refractivity contribution in [2.24, 2.45) is 5.92 Å². The first-order valence-electron chi connectivity index (χ1n) is 6.18. The molecule has 0 aromatic heterocycles. The average Bonchev–Trinajstić information content (AvgIpc) is 2.38. The molecule has 0 aliphatic heterocycles. The molecule has 1 amide bonds. The first kappa shape index (κ1) is 14.2. The summed E-state index contributed by atoms with van der Waals surface area (Å²) in [6.45, 7) is 4.43. The minimum Gasteiger partial charge on any atom is -0.478 e. The first-order chi connectivity index (χ1) is 8.58. The Morgan fingerprint density at radius 3 is 2.17 bits per heavy atom. The van der Waals surface area contributed by atoms with Crippen LogP contribution in [0.4, 0.5) is 0 Å². The quantitative estimate of drug-likeness (QED) is 0.813. The molecule has 0 heterocycles. The van der Waals surface area contributed by atoms with Crippen LogP contribution in [0.1, 0.15) is 42.6 Å². The molecule has 0 unspecified atom stereocenters. The van der Waals surface area contributed by atoms with E-state index in [1.165, 1.54) is 0 Å². The Kier molecular flexibility index (Phi) is 5.36. The lowest BCUT2D eigenvalue weighted by Gasteiger charge is -2.12. The monoisotopic (exact) mass is 249 g/mol. The molecule has 0 saturated carbocycles. The van der Waals surface area contributed by atoms with Gasteiger partial charge in [0.1, 0.15) is 0 Å². The van der Waals surface area contributed by atoms with Crippen LogP contribution in [0.25, 0.3) is 0 Å². The molecule has 4 heteroatoms. The number of carbonyl (C=O) groups is 2. The van der Waals surface area contributed by atoms with Crippen LogP contribution in [0.2, 0.25) is 0 Å². The van der Waals surface area contributed by atoms with Gasteiger partial charge in [0.15, 0.2) is 0 Å². The lowest BCUT2D eigenvalue weighted by Crippen LogP contribution is -2.29. The number of carboxylic acids is 1. The molecule has 1 aromatic rings. The largest absolute Gasteiger partial charge is 0.478 e. The van der Waals surface area contributed by atoms with Crippen LogP contribution in [-0.2, 0) is 11.3 Å². The van der Waals surface area contributed by atoms with E-state index in [2.05, 4.69) is 5.32 Å². The molecule has 2 N–H and O–H groups in total. The van der Waals surface area contributed by atoms with Crippen LogP contribution < -0.4 is 5.32 Å². The SMILES string of the molecule is CCC(CC)C(=O)NCc1ccc(C(=O)O)cc1. The lowest BCUT2D eigenvalue weighted by molar-refractivity contribution is -0.125. The molecule has 0 bridgehead atoms. The number of carboxylic acid groups (broad SMARTS) is 1. The molecule has 1 aromatic carbocycles. The third kappa shape index (κ3) is 3.87. The minimum absolute atomic E-state index is 0.0577. The Labute approximate surface area is 107 Å². The highest BCUT2D eigenvalue weighted by Crippen LogP contribution is 2.08. The highest BCUT2D eigenvalue weighted by atomic mass is 16.4. The second-order valence-corrected chi connectivity index (χ2v) is 4.23. The van der Waals surface area contributed by atoms with Crippen LogP contribution in [0, 0.1) is 5.92 Å². The van der Waals surface area contributed by atoms with Crippen molar-refractivity contribution in [3.63, 3.8) is 0 Å². The van der Waals surface area contributed by atoms with Crippen molar-refractivity contribution in [3.8, 4) is 0 Å². The predicted octanol–water partition coefficient (Wildman–Crippen LogP) is 2.44. The number of nitrogens with one attached hydrogen (secondary N) is 1. The zero-order valence-electron chi connectivity index (χ0n) is 10.8. The zero-order chi connectivity index (χ0) is 13.5. The molecule has 0 aliphatic rings. The van der Waals surface area contributed by atoms with Crippen molar-refractivity contribution in [2.45, 2.75) is 33.2 Å². The van der Waals surface area contributed by atoms with Gasteiger partial charge in [0.25, 0.3) is 0 Å². The van der Waals surface area contributed by atoms with Gasteiger partial charge in [-0.1, -0.05) is 26.0 Å². The van der Waals surface area contributed by atoms with Gasteiger partial charge in [-0.2, -0.15) is 0 Å². The van der Waals surface area contributed by atoms with Crippen LogP contribution in [0.5, 0.6) is 0 Å². The van der Waals surface area contributed by atoms with Crippen LogP contribution >= 0.6 is 0 Å². The normalized spacial score (nSPS) is 10.4. The Balaban J connectivity index is 2.53. The van der Waals surface area contributed by atoms with Gasteiger partial charge < -0.3 is 10.4 Å². The van der Waals surface area contributed by atoms with Gasteiger partial charge in [-0.05, 0) is 30.5 Å². The smallest absolute Gasteiger partial charge is 0.335 e. The van der Waals surface area contributed by atoms with Gasteiger partial charge >= 0.3 is 5.97 Å². The third-order valence-corrected chi connectivity index (χ3v) is 3.02. The Morgan fingerprint density at radius 1 is 1.17 bits per heavy atom. The summed E-state index contributed by atoms with van der Waals surface area (Å²) in [6, 6.07) is 6.52. The Morgan fingerprint density at radius 2 is 1.72 bits per heavy atom.